The van der Waals surface area contributed by atoms with E-state index in [9.17, 15) is 4.79 Å². The van der Waals surface area contributed by atoms with Gasteiger partial charge in [0.1, 0.15) is 0 Å². The Morgan fingerprint density at radius 2 is 1.81 bits per heavy atom. The van der Waals surface area contributed by atoms with Crippen LogP contribution in [0.5, 0.6) is 0 Å². The molecule has 0 aromatic heterocycles. The van der Waals surface area contributed by atoms with E-state index in [1.165, 1.54) is 5.56 Å². The minimum atomic E-state index is 0.115. The molecular weight excluding hydrogens is 260 g/mol. The normalized spacial score (nSPS) is 12.4. The first-order chi connectivity index (χ1) is 10.0. The molecule has 0 saturated carbocycles. The largest absolute Gasteiger partial charge is 0.326 e. The van der Waals surface area contributed by atoms with Gasteiger partial charge in [-0.25, -0.2) is 0 Å². The Bertz CT molecular complexity index is 412. The zero-order chi connectivity index (χ0) is 15.7. The minimum absolute atomic E-state index is 0.115. The molecule has 21 heavy (non-hydrogen) atoms. The molecular formula is C18H30N2O. The predicted molar refractivity (Wildman–Crippen MR) is 90.6 cm³/mol. The summed E-state index contributed by atoms with van der Waals surface area (Å²) in [6.07, 6.45) is 3.71. The molecule has 3 nitrogen and oxygen atoms in total. The lowest BCUT2D eigenvalue weighted by atomic mass is 10.0. The Morgan fingerprint density at radius 1 is 1.14 bits per heavy atom. The zero-order valence-electron chi connectivity index (χ0n) is 13.9. The van der Waals surface area contributed by atoms with Crippen LogP contribution in [-0.4, -0.2) is 18.5 Å². The van der Waals surface area contributed by atoms with Gasteiger partial charge in [-0.1, -0.05) is 46.2 Å². The van der Waals surface area contributed by atoms with E-state index >= 15 is 0 Å². The lowest BCUT2D eigenvalue weighted by Crippen LogP contribution is -2.24. The second kappa shape index (κ2) is 9.56. The van der Waals surface area contributed by atoms with Gasteiger partial charge >= 0.3 is 0 Å². The summed E-state index contributed by atoms with van der Waals surface area (Å²) in [5, 5.41) is 6.37. The molecule has 118 valence electrons. The van der Waals surface area contributed by atoms with E-state index in [1.807, 2.05) is 12.1 Å². The Hall–Kier alpha value is -1.35. The maximum Gasteiger partial charge on any atom is 0.224 e. The van der Waals surface area contributed by atoms with Crippen molar-refractivity contribution in [3.63, 3.8) is 0 Å². The first-order valence-electron chi connectivity index (χ1n) is 8.13. The number of nitrogens with one attached hydrogen (secondary N) is 2. The van der Waals surface area contributed by atoms with Gasteiger partial charge < -0.3 is 10.6 Å². The van der Waals surface area contributed by atoms with E-state index in [0.29, 0.717) is 18.4 Å². The highest BCUT2D eigenvalue weighted by Gasteiger charge is 2.05. The van der Waals surface area contributed by atoms with Crippen molar-refractivity contribution in [2.75, 3.05) is 11.9 Å². The fraction of sp³-hybridized carbons (Fsp3) is 0.611. The smallest absolute Gasteiger partial charge is 0.224 e. The molecule has 0 spiro atoms. The maximum absolute atomic E-state index is 11.8. The number of benzene rings is 1. The molecule has 1 aromatic carbocycles. The number of carbonyl (C=O) groups is 1. The summed E-state index contributed by atoms with van der Waals surface area (Å²) in [6.45, 7) is 9.64. The molecule has 0 aliphatic rings. The highest BCUT2D eigenvalue weighted by atomic mass is 16.1. The number of hydrogen-bond donors (Lipinski definition) is 2. The van der Waals surface area contributed by atoms with Crippen molar-refractivity contribution in [2.24, 2.45) is 5.92 Å². The number of amides is 1. The Balaban J connectivity index is 2.34. The number of carbonyl (C=O) groups excluding carboxylic acids is 1. The zero-order valence-corrected chi connectivity index (χ0v) is 13.9. The van der Waals surface area contributed by atoms with E-state index in [1.54, 1.807) is 0 Å². The number of hydrogen-bond acceptors (Lipinski definition) is 2. The molecule has 0 aliphatic carbocycles. The first kappa shape index (κ1) is 17.7. The summed E-state index contributed by atoms with van der Waals surface area (Å²) in [5.41, 5.74) is 2.19. The van der Waals surface area contributed by atoms with Crippen LogP contribution >= 0.6 is 0 Å². The Morgan fingerprint density at radius 3 is 2.38 bits per heavy atom. The van der Waals surface area contributed by atoms with E-state index in [0.717, 1.165) is 31.5 Å². The Kier molecular flexibility index (Phi) is 8.06. The molecule has 0 aliphatic heterocycles. The summed E-state index contributed by atoms with van der Waals surface area (Å²) >= 11 is 0. The molecule has 3 heteroatoms. The van der Waals surface area contributed by atoms with Crippen LogP contribution in [0.3, 0.4) is 0 Å². The summed E-state index contributed by atoms with van der Waals surface area (Å²) in [6, 6.07) is 8.69. The van der Waals surface area contributed by atoms with Crippen LogP contribution in [-0.2, 0) is 11.2 Å². The van der Waals surface area contributed by atoms with Gasteiger partial charge in [0.2, 0.25) is 5.91 Å². The molecule has 1 unspecified atom stereocenters. The fourth-order valence-corrected chi connectivity index (χ4v) is 2.07. The van der Waals surface area contributed by atoms with Crippen molar-refractivity contribution >= 4 is 11.6 Å². The lowest BCUT2D eigenvalue weighted by molar-refractivity contribution is -0.116. The molecule has 1 amide bonds. The van der Waals surface area contributed by atoms with Crippen molar-refractivity contribution in [3.05, 3.63) is 29.8 Å². The summed E-state index contributed by atoms with van der Waals surface area (Å²) in [4.78, 5) is 11.8. The summed E-state index contributed by atoms with van der Waals surface area (Å²) < 4.78 is 0. The molecule has 1 rings (SSSR count). The second-order valence-corrected chi connectivity index (χ2v) is 6.16. The number of rotatable bonds is 9. The van der Waals surface area contributed by atoms with Crippen molar-refractivity contribution in [3.8, 4) is 0 Å². The van der Waals surface area contributed by atoms with Crippen molar-refractivity contribution in [2.45, 2.75) is 59.4 Å². The van der Waals surface area contributed by atoms with Gasteiger partial charge in [-0.2, -0.15) is 0 Å². The average Bonchev–Trinajstić information content (AvgIpc) is 2.46. The molecule has 0 fully saturated rings. The fourth-order valence-electron chi connectivity index (χ4n) is 2.07. The van der Waals surface area contributed by atoms with Crippen molar-refractivity contribution in [1.82, 2.24) is 5.32 Å². The van der Waals surface area contributed by atoms with Gasteiger partial charge in [-0.15, -0.1) is 0 Å². The van der Waals surface area contributed by atoms with E-state index in [4.69, 9.17) is 0 Å². The van der Waals surface area contributed by atoms with Crippen LogP contribution in [0.1, 0.15) is 52.5 Å². The highest BCUT2D eigenvalue weighted by molar-refractivity contribution is 5.90. The van der Waals surface area contributed by atoms with Gasteiger partial charge in [0.15, 0.2) is 0 Å². The number of anilines is 1. The average molecular weight is 290 g/mol. The van der Waals surface area contributed by atoms with Gasteiger partial charge in [0.05, 0.1) is 0 Å². The molecule has 1 aromatic rings. The van der Waals surface area contributed by atoms with Crippen LogP contribution < -0.4 is 10.6 Å². The van der Waals surface area contributed by atoms with E-state index < -0.39 is 0 Å². The molecule has 0 heterocycles. The Labute approximate surface area is 129 Å². The first-order valence-corrected chi connectivity index (χ1v) is 8.13. The van der Waals surface area contributed by atoms with Gasteiger partial charge in [0, 0.05) is 18.2 Å². The van der Waals surface area contributed by atoms with E-state index in [-0.39, 0.29) is 5.91 Å². The molecule has 2 N–H and O–H groups in total. The molecule has 0 bridgehead atoms. The molecule has 1 atom stereocenters. The van der Waals surface area contributed by atoms with Crippen LogP contribution in [0.2, 0.25) is 0 Å². The third kappa shape index (κ3) is 7.86. The van der Waals surface area contributed by atoms with Crippen LogP contribution in [0, 0.1) is 5.92 Å². The highest BCUT2D eigenvalue weighted by Crippen LogP contribution is 2.13. The van der Waals surface area contributed by atoms with Gasteiger partial charge in [-0.05, 0) is 43.0 Å². The maximum atomic E-state index is 11.8. The SMILES string of the molecule is CCC(C)CCC(=O)Nc1ccc(CCNC(C)C)cc1. The summed E-state index contributed by atoms with van der Waals surface area (Å²) in [7, 11) is 0. The van der Waals surface area contributed by atoms with Gasteiger partial charge in [0.25, 0.3) is 0 Å². The lowest BCUT2D eigenvalue weighted by Gasteiger charge is -2.10. The quantitative estimate of drug-likeness (QED) is 0.722. The standard InChI is InChI=1S/C18H30N2O/c1-5-15(4)6-11-18(21)20-17-9-7-16(8-10-17)12-13-19-14(2)3/h7-10,14-15,19H,5-6,11-13H2,1-4H3,(H,20,21). The third-order valence-corrected chi connectivity index (χ3v) is 3.77. The minimum Gasteiger partial charge on any atom is -0.326 e. The van der Waals surface area contributed by atoms with Crippen LogP contribution in [0.15, 0.2) is 24.3 Å². The van der Waals surface area contributed by atoms with E-state index in [2.05, 4.69) is 50.5 Å². The van der Waals surface area contributed by atoms with Gasteiger partial charge in [-0.3, -0.25) is 4.79 Å². The molecule has 0 saturated heterocycles. The molecule has 0 radical (unpaired) electrons. The predicted octanol–water partition coefficient (Wildman–Crippen LogP) is 3.99. The monoisotopic (exact) mass is 290 g/mol. The summed E-state index contributed by atoms with van der Waals surface area (Å²) in [5.74, 6) is 0.733. The van der Waals surface area contributed by atoms with Crippen LogP contribution in [0.25, 0.3) is 0 Å². The topological polar surface area (TPSA) is 41.1 Å². The van der Waals surface area contributed by atoms with Crippen molar-refractivity contribution < 1.29 is 4.79 Å². The van der Waals surface area contributed by atoms with Crippen LogP contribution in [0.4, 0.5) is 5.69 Å². The third-order valence-electron chi connectivity index (χ3n) is 3.77. The van der Waals surface area contributed by atoms with Crippen molar-refractivity contribution in [1.29, 1.82) is 0 Å². The second-order valence-electron chi connectivity index (χ2n) is 6.16.